The molecule has 0 radical (unpaired) electrons. The molecule has 0 unspecified atom stereocenters. The molecular weight excluding hydrogens is 502 g/mol. The summed E-state index contributed by atoms with van der Waals surface area (Å²) in [5.41, 5.74) is 6.59. The maximum atomic E-state index is 6.01. The van der Waals surface area contributed by atoms with Crippen molar-refractivity contribution in [2.75, 3.05) is 0 Å². The zero-order valence-corrected chi connectivity index (χ0v) is 22.0. The third kappa shape index (κ3) is 3.97. The first-order valence-electron chi connectivity index (χ1n) is 13.6. The Balaban J connectivity index is 1.29. The zero-order chi connectivity index (χ0) is 27.2. The second-order valence-corrected chi connectivity index (χ2v) is 10.1. The molecule has 41 heavy (non-hydrogen) atoms. The van der Waals surface area contributed by atoms with Crippen LogP contribution in [0.4, 0.5) is 0 Å². The van der Waals surface area contributed by atoms with Crippen LogP contribution in [0.25, 0.3) is 77.5 Å². The number of pyridine rings is 1. The van der Waals surface area contributed by atoms with Crippen LogP contribution in [0.5, 0.6) is 0 Å². The highest BCUT2D eigenvalue weighted by molar-refractivity contribution is 6.21. The Morgan fingerprint density at radius 3 is 1.56 bits per heavy atom. The largest absolute Gasteiger partial charge is 0.416 e. The molecule has 0 aliphatic heterocycles. The van der Waals surface area contributed by atoms with E-state index in [-0.39, 0.29) is 0 Å². The molecule has 0 aliphatic rings. The lowest BCUT2D eigenvalue weighted by Gasteiger charge is -2.18. The van der Waals surface area contributed by atoms with Gasteiger partial charge in [0.25, 0.3) is 0 Å². The van der Waals surface area contributed by atoms with Crippen LogP contribution < -0.4 is 0 Å². The van der Waals surface area contributed by atoms with Crippen LogP contribution in [-0.2, 0) is 0 Å². The first-order valence-corrected chi connectivity index (χ1v) is 13.6. The van der Waals surface area contributed by atoms with E-state index >= 15 is 0 Å². The van der Waals surface area contributed by atoms with Crippen molar-refractivity contribution in [3.8, 4) is 45.2 Å². The van der Waals surface area contributed by atoms with Crippen molar-refractivity contribution in [3.05, 3.63) is 140 Å². The third-order valence-corrected chi connectivity index (χ3v) is 7.73. The van der Waals surface area contributed by atoms with Crippen molar-refractivity contribution < 1.29 is 4.42 Å². The van der Waals surface area contributed by atoms with Crippen LogP contribution in [0, 0.1) is 0 Å². The van der Waals surface area contributed by atoms with E-state index in [2.05, 4.69) is 112 Å². The molecule has 4 heteroatoms. The standard InChI is InChI=1S/C37H23N3O/c1-2-8-25(9-3-1)36-39-40-37(41-36)26-16-14-24(15-17-26)34-30-10-4-6-12-32(30)35(33-13-7-5-11-31(33)34)28-18-19-29-23-38-21-20-27(29)22-28/h1-23H. The van der Waals surface area contributed by atoms with Gasteiger partial charge in [0.05, 0.1) is 0 Å². The number of fused-ring (bicyclic) bond motifs is 3. The third-order valence-electron chi connectivity index (χ3n) is 7.73. The fourth-order valence-corrected chi connectivity index (χ4v) is 5.81. The van der Waals surface area contributed by atoms with E-state index in [1.165, 1.54) is 43.6 Å². The Morgan fingerprint density at radius 2 is 0.927 bits per heavy atom. The van der Waals surface area contributed by atoms with Gasteiger partial charge in [0.1, 0.15) is 0 Å². The molecule has 2 heterocycles. The summed E-state index contributed by atoms with van der Waals surface area (Å²) in [7, 11) is 0. The second-order valence-electron chi connectivity index (χ2n) is 10.1. The predicted octanol–water partition coefficient (Wildman–Crippen LogP) is 9.59. The van der Waals surface area contributed by atoms with Crippen molar-refractivity contribution in [3.63, 3.8) is 0 Å². The summed E-state index contributed by atoms with van der Waals surface area (Å²) in [5.74, 6) is 1.02. The van der Waals surface area contributed by atoms with Gasteiger partial charge in [-0.1, -0.05) is 91.0 Å². The van der Waals surface area contributed by atoms with Gasteiger partial charge in [-0.15, -0.1) is 10.2 Å². The lowest BCUT2D eigenvalue weighted by molar-refractivity contribution is 0.584. The quantitative estimate of drug-likeness (QED) is 0.215. The molecule has 6 aromatic carbocycles. The SMILES string of the molecule is c1ccc(-c2nnc(-c3ccc(-c4c5ccccc5c(-c5ccc6cnccc6c5)c5ccccc45)cc3)o2)cc1. The van der Waals surface area contributed by atoms with Crippen LogP contribution in [0.15, 0.2) is 144 Å². The number of aromatic nitrogens is 3. The van der Waals surface area contributed by atoms with Gasteiger partial charge in [0.15, 0.2) is 0 Å². The number of hydrogen-bond acceptors (Lipinski definition) is 4. The van der Waals surface area contributed by atoms with Gasteiger partial charge in [-0.2, -0.15) is 0 Å². The average Bonchev–Trinajstić information content (AvgIpc) is 3.54. The summed E-state index contributed by atoms with van der Waals surface area (Å²) < 4.78 is 6.01. The zero-order valence-electron chi connectivity index (χ0n) is 22.0. The molecule has 0 aliphatic carbocycles. The summed E-state index contributed by atoms with van der Waals surface area (Å²) in [4.78, 5) is 4.29. The van der Waals surface area contributed by atoms with Crippen LogP contribution in [0.2, 0.25) is 0 Å². The number of benzene rings is 6. The summed E-state index contributed by atoms with van der Waals surface area (Å²) in [6.45, 7) is 0. The first-order chi connectivity index (χ1) is 20.3. The minimum Gasteiger partial charge on any atom is -0.416 e. The van der Waals surface area contributed by atoms with Crippen LogP contribution in [0.3, 0.4) is 0 Å². The van der Waals surface area contributed by atoms with Gasteiger partial charge in [-0.3, -0.25) is 4.98 Å². The first kappa shape index (κ1) is 23.3. The molecule has 2 aromatic heterocycles. The van der Waals surface area contributed by atoms with E-state index in [0.717, 1.165) is 22.1 Å². The predicted molar refractivity (Wildman–Crippen MR) is 166 cm³/mol. The number of nitrogens with zero attached hydrogens (tertiary/aromatic N) is 3. The van der Waals surface area contributed by atoms with Crippen molar-refractivity contribution in [2.24, 2.45) is 0 Å². The number of hydrogen-bond donors (Lipinski definition) is 0. The van der Waals surface area contributed by atoms with E-state index in [1.54, 1.807) is 0 Å². The lowest BCUT2D eigenvalue weighted by Crippen LogP contribution is -1.91. The molecule has 4 nitrogen and oxygen atoms in total. The van der Waals surface area contributed by atoms with E-state index in [4.69, 9.17) is 4.42 Å². The molecule has 0 N–H and O–H groups in total. The summed E-state index contributed by atoms with van der Waals surface area (Å²) >= 11 is 0. The van der Waals surface area contributed by atoms with Crippen molar-refractivity contribution in [1.29, 1.82) is 0 Å². The molecule has 0 spiro atoms. The van der Waals surface area contributed by atoms with Gasteiger partial charge in [0, 0.05) is 28.9 Å². The second kappa shape index (κ2) is 9.54. The maximum Gasteiger partial charge on any atom is 0.248 e. The highest BCUT2D eigenvalue weighted by Gasteiger charge is 2.17. The smallest absolute Gasteiger partial charge is 0.248 e. The van der Waals surface area contributed by atoms with Gasteiger partial charge in [-0.05, 0) is 85.6 Å². The van der Waals surface area contributed by atoms with Crippen LogP contribution in [-0.4, -0.2) is 15.2 Å². The molecule has 0 amide bonds. The Labute approximate surface area is 236 Å². The maximum absolute atomic E-state index is 6.01. The Kier molecular flexibility index (Phi) is 5.42. The number of rotatable bonds is 4. The van der Waals surface area contributed by atoms with E-state index < -0.39 is 0 Å². The molecule has 0 bridgehead atoms. The molecule has 0 saturated carbocycles. The minimum atomic E-state index is 0.506. The summed E-state index contributed by atoms with van der Waals surface area (Å²) in [5, 5.41) is 15.8. The Bertz CT molecular complexity index is 2140. The molecule has 8 rings (SSSR count). The molecular formula is C37H23N3O. The molecule has 0 fully saturated rings. The van der Waals surface area contributed by atoms with Crippen LogP contribution in [0.1, 0.15) is 0 Å². The Hall–Kier alpha value is -5.61. The van der Waals surface area contributed by atoms with Gasteiger partial charge < -0.3 is 4.42 Å². The van der Waals surface area contributed by atoms with Gasteiger partial charge in [-0.25, -0.2) is 0 Å². The van der Waals surface area contributed by atoms with E-state index in [1.807, 2.05) is 42.7 Å². The molecule has 8 aromatic rings. The summed E-state index contributed by atoms with van der Waals surface area (Å²) in [6.07, 6.45) is 3.77. The van der Waals surface area contributed by atoms with Crippen molar-refractivity contribution >= 4 is 32.3 Å². The highest BCUT2D eigenvalue weighted by atomic mass is 16.4. The molecule has 0 saturated heterocycles. The fourth-order valence-electron chi connectivity index (χ4n) is 5.81. The van der Waals surface area contributed by atoms with Crippen molar-refractivity contribution in [1.82, 2.24) is 15.2 Å². The molecule has 192 valence electrons. The van der Waals surface area contributed by atoms with Gasteiger partial charge in [0.2, 0.25) is 11.8 Å². The minimum absolute atomic E-state index is 0.506. The van der Waals surface area contributed by atoms with Crippen LogP contribution >= 0.6 is 0 Å². The fraction of sp³-hybridized carbons (Fsp3) is 0. The topological polar surface area (TPSA) is 51.8 Å². The van der Waals surface area contributed by atoms with Crippen molar-refractivity contribution in [2.45, 2.75) is 0 Å². The summed E-state index contributed by atoms with van der Waals surface area (Å²) in [6, 6.07) is 44.4. The highest BCUT2D eigenvalue weighted by Crippen LogP contribution is 2.44. The normalized spacial score (nSPS) is 11.4. The van der Waals surface area contributed by atoms with Gasteiger partial charge >= 0.3 is 0 Å². The van der Waals surface area contributed by atoms with E-state index in [0.29, 0.717) is 11.8 Å². The lowest BCUT2D eigenvalue weighted by atomic mass is 9.85. The Morgan fingerprint density at radius 1 is 0.415 bits per heavy atom. The van der Waals surface area contributed by atoms with E-state index in [9.17, 15) is 0 Å². The molecule has 0 atom stereocenters. The average molecular weight is 526 g/mol. The monoisotopic (exact) mass is 525 g/mol.